The molecular weight excluding hydrogens is 290 g/mol. The van der Waals surface area contributed by atoms with E-state index in [1.165, 1.54) is 27.7 Å². The molecule has 2 nitrogen and oxygen atoms in total. The first kappa shape index (κ1) is 18.7. The van der Waals surface area contributed by atoms with Gasteiger partial charge in [0.25, 0.3) is 0 Å². The van der Waals surface area contributed by atoms with E-state index in [-0.39, 0.29) is 11.1 Å². The summed E-state index contributed by atoms with van der Waals surface area (Å²) in [7, 11) is 0. The van der Waals surface area contributed by atoms with E-state index >= 15 is 0 Å². The quantitative estimate of drug-likeness (QED) is 0.415. The summed E-state index contributed by atoms with van der Waals surface area (Å²) in [6.45, 7) is 3.52. The zero-order valence-corrected chi connectivity index (χ0v) is 11.5. The maximum Gasteiger partial charge on any atom is 0.448 e. The van der Waals surface area contributed by atoms with Crippen LogP contribution in [0.2, 0.25) is 0 Å². The molecule has 0 aromatic heterocycles. The Morgan fingerprint density at radius 1 is 0.650 bits per heavy atom. The number of hydrogen-bond donors (Lipinski definition) is 0. The standard InChI is InChI=1S/C12H16F6O2/c1-7(2)9(11(13,14)15)19-5-6-20-10(8(3)4)12(16,17)18/h5-6H2,1-4H3. The number of alkyl halides is 6. The summed E-state index contributed by atoms with van der Waals surface area (Å²) in [5.74, 6) is -2.43. The Morgan fingerprint density at radius 2 is 0.900 bits per heavy atom. The number of allylic oxidation sites excluding steroid dienone is 4. The molecule has 0 heterocycles. The van der Waals surface area contributed by atoms with Crippen molar-refractivity contribution in [1.82, 2.24) is 0 Å². The van der Waals surface area contributed by atoms with Gasteiger partial charge in [-0.25, -0.2) is 0 Å². The Bertz CT molecular complexity index is 344. The molecule has 0 aliphatic heterocycles. The van der Waals surface area contributed by atoms with Crippen molar-refractivity contribution in [2.45, 2.75) is 40.0 Å². The molecule has 0 radical (unpaired) electrons. The highest BCUT2D eigenvalue weighted by Gasteiger charge is 2.38. The highest BCUT2D eigenvalue weighted by atomic mass is 19.4. The van der Waals surface area contributed by atoms with Crippen LogP contribution in [0.25, 0.3) is 0 Å². The van der Waals surface area contributed by atoms with Gasteiger partial charge in [-0.05, 0) is 38.8 Å². The van der Waals surface area contributed by atoms with Crippen LogP contribution in [0.4, 0.5) is 26.3 Å². The third-order valence-corrected chi connectivity index (χ3v) is 2.00. The van der Waals surface area contributed by atoms with Gasteiger partial charge in [0.2, 0.25) is 0 Å². The minimum Gasteiger partial charge on any atom is -0.485 e. The van der Waals surface area contributed by atoms with Crippen molar-refractivity contribution < 1.29 is 35.8 Å². The summed E-state index contributed by atoms with van der Waals surface area (Å²) in [6.07, 6.45) is -9.36. The van der Waals surface area contributed by atoms with Crippen LogP contribution in [0.1, 0.15) is 27.7 Å². The van der Waals surface area contributed by atoms with Crippen molar-refractivity contribution in [1.29, 1.82) is 0 Å². The van der Waals surface area contributed by atoms with Gasteiger partial charge in [-0.1, -0.05) is 0 Å². The lowest BCUT2D eigenvalue weighted by atomic mass is 10.3. The molecule has 0 saturated carbocycles. The summed E-state index contributed by atoms with van der Waals surface area (Å²) in [6, 6.07) is 0. The van der Waals surface area contributed by atoms with Crippen LogP contribution in [0.5, 0.6) is 0 Å². The monoisotopic (exact) mass is 306 g/mol. The maximum atomic E-state index is 12.5. The molecule has 0 amide bonds. The van der Waals surface area contributed by atoms with Crippen molar-refractivity contribution in [2.75, 3.05) is 13.2 Å². The van der Waals surface area contributed by atoms with Gasteiger partial charge in [-0.2, -0.15) is 26.3 Å². The van der Waals surface area contributed by atoms with Crippen LogP contribution in [-0.2, 0) is 9.47 Å². The maximum absolute atomic E-state index is 12.5. The van der Waals surface area contributed by atoms with Crippen molar-refractivity contribution >= 4 is 0 Å². The van der Waals surface area contributed by atoms with Crippen LogP contribution < -0.4 is 0 Å². The third kappa shape index (κ3) is 6.21. The van der Waals surface area contributed by atoms with E-state index in [9.17, 15) is 26.3 Å². The van der Waals surface area contributed by atoms with Crippen LogP contribution in [-0.4, -0.2) is 25.6 Å². The SMILES string of the molecule is CC(C)=C(OCCOC(=C(C)C)C(F)(F)F)C(F)(F)F. The summed E-state index contributed by atoms with van der Waals surface area (Å²) in [5, 5.41) is 0. The zero-order chi connectivity index (χ0) is 16.1. The number of ether oxygens (including phenoxy) is 2. The van der Waals surface area contributed by atoms with Gasteiger partial charge in [0.15, 0.2) is 11.5 Å². The third-order valence-electron chi connectivity index (χ3n) is 2.00. The van der Waals surface area contributed by atoms with E-state index in [0.717, 1.165) is 0 Å². The first-order valence-electron chi connectivity index (χ1n) is 5.62. The second-order valence-electron chi connectivity index (χ2n) is 4.35. The van der Waals surface area contributed by atoms with Crippen molar-refractivity contribution in [2.24, 2.45) is 0 Å². The van der Waals surface area contributed by atoms with E-state index in [2.05, 4.69) is 9.47 Å². The molecule has 0 saturated heterocycles. The lowest BCUT2D eigenvalue weighted by Crippen LogP contribution is -2.21. The zero-order valence-electron chi connectivity index (χ0n) is 11.5. The molecule has 0 aromatic rings. The highest BCUT2D eigenvalue weighted by Crippen LogP contribution is 2.30. The lowest BCUT2D eigenvalue weighted by Gasteiger charge is -2.18. The minimum absolute atomic E-state index is 0.115. The molecule has 0 atom stereocenters. The van der Waals surface area contributed by atoms with Crippen LogP contribution in [0, 0.1) is 0 Å². The summed E-state index contributed by atoms with van der Waals surface area (Å²) in [4.78, 5) is 0. The van der Waals surface area contributed by atoms with E-state index in [1.54, 1.807) is 0 Å². The van der Waals surface area contributed by atoms with Gasteiger partial charge in [0.05, 0.1) is 0 Å². The van der Waals surface area contributed by atoms with Gasteiger partial charge in [-0.3, -0.25) is 0 Å². The predicted molar refractivity (Wildman–Crippen MR) is 60.8 cm³/mol. The van der Waals surface area contributed by atoms with Gasteiger partial charge in [-0.15, -0.1) is 0 Å². The van der Waals surface area contributed by atoms with Gasteiger partial charge < -0.3 is 9.47 Å². The van der Waals surface area contributed by atoms with Crippen LogP contribution in [0.3, 0.4) is 0 Å². The molecule has 0 aliphatic rings. The second-order valence-corrected chi connectivity index (χ2v) is 4.35. The Kier molecular flexibility index (Phi) is 6.43. The van der Waals surface area contributed by atoms with Crippen molar-refractivity contribution in [3.8, 4) is 0 Å². The Morgan fingerprint density at radius 3 is 1.05 bits per heavy atom. The van der Waals surface area contributed by atoms with E-state index in [4.69, 9.17) is 0 Å². The van der Waals surface area contributed by atoms with E-state index < -0.39 is 37.1 Å². The van der Waals surface area contributed by atoms with Gasteiger partial charge in [0, 0.05) is 0 Å². The summed E-state index contributed by atoms with van der Waals surface area (Å²) in [5.41, 5.74) is -0.230. The second kappa shape index (κ2) is 6.90. The summed E-state index contributed by atoms with van der Waals surface area (Å²) >= 11 is 0. The average molecular weight is 306 g/mol. The normalized spacial score (nSPS) is 11.9. The fourth-order valence-corrected chi connectivity index (χ4v) is 1.31. The molecule has 0 aromatic carbocycles. The molecule has 0 unspecified atom stereocenters. The molecule has 0 N–H and O–H groups in total. The van der Waals surface area contributed by atoms with Crippen molar-refractivity contribution in [3.63, 3.8) is 0 Å². The fraction of sp³-hybridized carbons (Fsp3) is 0.667. The van der Waals surface area contributed by atoms with E-state index in [0.29, 0.717) is 0 Å². The smallest absolute Gasteiger partial charge is 0.448 e. The topological polar surface area (TPSA) is 18.5 Å². The van der Waals surface area contributed by atoms with E-state index in [1.807, 2.05) is 0 Å². The average Bonchev–Trinajstić information content (AvgIpc) is 2.17. The molecule has 0 rings (SSSR count). The van der Waals surface area contributed by atoms with Crippen LogP contribution >= 0.6 is 0 Å². The molecule has 0 aliphatic carbocycles. The Balaban J connectivity index is 4.55. The lowest BCUT2D eigenvalue weighted by molar-refractivity contribution is -0.145. The molecule has 8 heteroatoms. The number of hydrogen-bond acceptors (Lipinski definition) is 2. The first-order valence-corrected chi connectivity index (χ1v) is 5.62. The number of halogens is 6. The molecule has 0 fully saturated rings. The number of rotatable bonds is 5. The predicted octanol–water partition coefficient (Wildman–Crippen LogP) is 4.73. The fourth-order valence-electron chi connectivity index (χ4n) is 1.31. The van der Waals surface area contributed by atoms with Gasteiger partial charge >= 0.3 is 12.4 Å². The van der Waals surface area contributed by atoms with Crippen LogP contribution in [0.15, 0.2) is 22.7 Å². The molecule has 20 heavy (non-hydrogen) atoms. The Labute approximate surface area is 113 Å². The van der Waals surface area contributed by atoms with Crippen molar-refractivity contribution in [3.05, 3.63) is 22.7 Å². The first-order chi connectivity index (χ1) is 8.87. The Hall–Kier alpha value is -1.34. The highest BCUT2D eigenvalue weighted by molar-refractivity contribution is 5.09. The molecular formula is C12H16F6O2. The minimum atomic E-state index is -4.68. The molecule has 0 bridgehead atoms. The largest absolute Gasteiger partial charge is 0.485 e. The van der Waals surface area contributed by atoms with Gasteiger partial charge in [0.1, 0.15) is 13.2 Å². The molecule has 0 spiro atoms. The molecule has 118 valence electrons. The summed E-state index contributed by atoms with van der Waals surface area (Å²) < 4.78 is 83.7.